The maximum Gasteiger partial charge on any atom is 0.192 e. The van der Waals surface area contributed by atoms with E-state index in [4.69, 9.17) is 18.6 Å². The Kier molecular flexibility index (Phi) is 10.9. The Hall–Kier alpha value is -0.283. The highest BCUT2D eigenvalue weighted by Gasteiger charge is 2.44. The lowest BCUT2D eigenvalue weighted by atomic mass is 10.0. The van der Waals surface area contributed by atoms with Crippen molar-refractivity contribution in [3.05, 3.63) is 48.0 Å². The van der Waals surface area contributed by atoms with Gasteiger partial charge in [-0.15, -0.1) is 23.5 Å². The molecule has 1 aromatic rings. The van der Waals surface area contributed by atoms with Crippen molar-refractivity contribution in [3.63, 3.8) is 0 Å². The van der Waals surface area contributed by atoms with E-state index < -0.39 is 8.32 Å². The van der Waals surface area contributed by atoms with Gasteiger partial charge in [0.1, 0.15) is 0 Å². The third kappa shape index (κ3) is 7.62. The summed E-state index contributed by atoms with van der Waals surface area (Å²) in [6, 6.07) is 10.2. The topological polar surface area (TPSA) is 36.9 Å². The summed E-state index contributed by atoms with van der Waals surface area (Å²) in [7, 11) is -1.97. The van der Waals surface area contributed by atoms with Gasteiger partial charge in [-0.2, -0.15) is 0 Å². The van der Waals surface area contributed by atoms with E-state index in [0.29, 0.717) is 6.61 Å². The fourth-order valence-corrected chi connectivity index (χ4v) is 8.96. The lowest BCUT2D eigenvalue weighted by Crippen LogP contribution is -2.51. The zero-order valence-electron chi connectivity index (χ0n) is 22.8. The Morgan fingerprint density at radius 1 is 1.09 bits per heavy atom. The third-order valence-corrected chi connectivity index (χ3v) is 14.9. The van der Waals surface area contributed by atoms with E-state index in [1.165, 1.54) is 6.42 Å². The molecule has 2 heterocycles. The number of hydrogen-bond acceptors (Lipinski definition) is 6. The van der Waals surface area contributed by atoms with Crippen LogP contribution in [0, 0.1) is 0 Å². The third-order valence-electron chi connectivity index (χ3n) is 7.31. The van der Waals surface area contributed by atoms with E-state index >= 15 is 0 Å². The summed E-state index contributed by atoms with van der Waals surface area (Å²) in [6.45, 7) is 17.3. The number of rotatable bonds is 10. The van der Waals surface area contributed by atoms with E-state index in [1.807, 2.05) is 41.7 Å². The van der Waals surface area contributed by atoms with Crippen LogP contribution in [-0.2, 0) is 18.6 Å². The molecule has 0 spiro atoms. The van der Waals surface area contributed by atoms with Crippen LogP contribution in [0.1, 0.15) is 65.7 Å². The standard InChI is InChI=1S/C28H46O4S2Si/c1-8-33-28(34-9-2)19-14-20-29-25(28)18-13-17-23-24(32-35(6,7)27(3,4)5)21-30-26(31-23)22-15-11-10-12-16-22/h10-13,15-16,18,23-26H,8-9,14,17,19-21H2,1-7H3/b18-13-/t23-,24+,25+,26+/m0/s1. The fraction of sp³-hybridized carbons (Fsp3) is 0.714. The van der Waals surface area contributed by atoms with E-state index in [9.17, 15) is 0 Å². The monoisotopic (exact) mass is 538 g/mol. The fourth-order valence-electron chi connectivity index (χ4n) is 4.41. The molecular formula is C28H46O4S2Si. The number of thioether (sulfide) groups is 2. The van der Waals surface area contributed by atoms with Gasteiger partial charge in [-0.3, -0.25) is 0 Å². The SMILES string of the molecule is CCSC1(SCC)CCCO[C@@H]1/C=C\C[C@@H]1O[C@H](c2ccccc2)OC[C@H]1O[Si](C)(C)C(C)(C)C. The molecule has 198 valence electrons. The summed E-state index contributed by atoms with van der Waals surface area (Å²) in [6.07, 6.45) is 7.31. The molecule has 2 aliphatic rings. The lowest BCUT2D eigenvalue weighted by Gasteiger charge is -2.44. The van der Waals surface area contributed by atoms with Crippen molar-refractivity contribution in [2.45, 2.75) is 101 Å². The Morgan fingerprint density at radius 2 is 1.77 bits per heavy atom. The van der Waals surface area contributed by atoms with Crippen LogP contribution in [0.25, 0.3) is 0 Å². The van der Waals surface area contributed by atoms with Gasteiger partial charge in [-0.25, -0.2) is 0 Å². The van der Waals surface area contributed by atoms with Gasteiger partial charge in [0, 0.05) is 12.2 Å². The van der Waals surface area contributed by atoms with Gasteiger partial charge in [-0.1, -0.05) is 77.1 Å². The molecule has 0 amide bonds. The summed E-state index contributed by atoms with van der Waals surface area (Å²) < 4.78 is 26.0. The summed E-state index contributed by atoms with van der Waals surface area (Å²) >= 11 is 4.09. The molecule has 1 aromatic carbocycles. The molecule has 0 aliphatic carbocycles. The molecule has 0 N–H and O–H groups in total. The maximum absolute atomic E-state index is 6.82. The normalized spacial score (nSPS) is 27.9. The second-order valence-corrected chi connectivity index (χ2v) is 19.1. The van der Waals surface area contributed by atoms with Crippen LogP contribution in [-0.4, -0.2) is 55.4 Å². The van der Waals surface area contributed by atoms with Crippen molar-refractivity contribution in [2.75, 3.05) is 24.7 Å². The molecule has 35 heavy (non-hydrogen) atoms. The molecule has 2 saturated heterocycles. The molecule has 2 fully saturated rings. The smallest absolute Gasteiger partial charge is 0.192 e. The molecule has 7 heteroatoms. The van der Waals surface area contributed by atoms with E-state index in [1.54, 1.807) is 0 Å². The molecule has 4 nitrogen and oxygen atoms in total. The molecule has 0 saturated carbocycles. The molecule has 4 atom stereocenters. The second kappa shape index (κ2) is 13.0. The van der Waals surface area contributed by atoms with Gasteiger partial charge in [0.15, 0.2) is 14.6 Å². The minimum absolute atomic E-state index is 0.0602. The minimum Gasteiger partial charge on any atom is -0.409 e. The van der Waals surface area contributed by atoms with E-state index in [0.717, 1.165) is 36.5 Å². The first kappa shape index (κ1) is 29.3. The summed E-state index contributed by atoms with van der Waals surface area (Å²) in [4.78, 5) is 0. The summed E-state index contributed by atoms with van der Waals surface area (Å²) in [5.41, 5.74) is 1.06. The van der Waals surface area contributed by atoms with Crippen LogP contribution in [0.3, 0.4) is 0 Å². The van der Waals surface area contributed by atoms with Crippen LogP contribution < -0.4 is 0 Å². The first-order chi connectivity index (χ1) is 16.6. The van der Waals surface area contributed by atoms with Crippen LogP contribution in [0.15, 0.2) is 42.5 Å². The molecule has 0 radical (unpaired) electrons. The molecular weight excluding hydrogens is 493 g/mol. The average molecular weight is 539 g/mol. The van der Waals surface area contributed by atoms with Crippen LogP contribution in [0.5, 0.6) is 0 Å². The summed E-state index contributed by atoms with van der Waals surface area (Å²) in [5.74, 6) is 2.20. The van der Waals surface area contributed by atoms with Crippen LogP contribution in [0.2, 0.25) is 18.1 Å². The molecule has 0 bridgehead atoms. The highest BCUT2D eigenvalue weighted by atomic mass is 32.2. The molecule has 0 aromatic heterocycles. The van der Waals surface area contributed by atoms with Gasteiger partial charge in [0.2, 0.25) is 0 Å². The first-order valence-electron chi connectivity index (χ1n) is 13.2. The zero-order valence-corrected chi connectivity index (χ0v) is 25.4. The Bertz CT molecular complexity index is 784. The maximum atomic E-state index is 6.82. The largest absolute Gasteiger partial charge is 0.409 e. The Balaban J connectivity index is 1.77. The van der Waals surface area contributed by atoms with Crippen molar-refractivity contribution >= 4 is 31.8 Å². The number of hydrogen-bond donors (Lipinski definition) is 0. The van der Waals surface area contributed by atoms with Gasteiger partial charge < -0.3 is 18.6 Å². The summed E-state index contributed by atoms with van der Waals surface area (Å²) in [5, 5.41) is 0.133. The van der Waals surface area contributed by atoms with E-state index in [-0.39, 0.29) is 33.7 Å². The van der Waals surface area contributed by atoms with Crippen molar-refractivity contribution in [2.24, 2.45) is 0 Å². The van der Waals surface area contributed by atoms with Crippen LogP contribution >= 0.6 is 23.5 Å². The molecule has 3 rings (SSSR count). The molecule has 0 unspecified atom stereocenters. The van der Waals surface area contributed by atoms with Gasteiger partial charge in [-0.05, 0) is 48.9 Å². The van der Waals surface area contributed by atoms with Crippen molar-refractivity contribution < 1.29 is 18.6 Å². The number of benzene rings is 1. The predicted octanol–water partition coefficient (Wildman–Crippen LogP) is 7.82. The van der Waals surface area contributed by atoms with Gasteiger partial charge >= 0.3 is 0 Å². The average Bonchev–Trinajstić information content (AvgIpc) is 2.81. The lowest BCUT2D eigenvalue weighted by molar-refractivity contribution is -0.252. The predicted molar refractivity (Wildman–Crippen MR) is 154 cm³/mol. The Labute approximate surface area is 223 Å². The van der Waals surface area contributed by atoms with E-state index in [2.05, 4.69) is 72.0 Å². The highest BCUT2D eigenvalue weighted by molar-refractivity contribution is 8.18. The zero-order chi connectivity index (χ0) is 25.5. The first-order valence-corrected chi connectivity index (χ1v) is 18.1. The highest BCUT2D eigenvalue weighted by Crippen LogP contribution is 2.48. The van der Waals surface area contributed by atoms with Gasteiger partial charge in [0.25, 0.3) is 0 Å². The quantitative estimate of drug-likeness (QED) is 0.172. The number of ether oxygens (including phenoxy) is 3. The second-order valence-electron chi connectivity index (χ2n) is 10.9. The molecule has 2 aliphatic heterocycles. The van der Waals surface area contributed by atoms with Crippen molar-refractivity contribution in [1.82, 2.24) is 0 Å². The van der Waals surface area contributed by atoms with Crippen molar-refractivity contribution in [3.8, 4) is 0 Å². The van der Waals surface area contributed by atoms with Gasteiger partial charge in [0.05, 0.1) is 29.0 Å². The van der Waals surface area contributed by atoms with Crippen LogP contribution in [0.4, 0.5) is 0 Å². The minimum atomic E-state index is -1.97. The van der Waals surface area contributed by atoms with Crippen molar-refractivity contribution in [1.29, 1.82) is 0 Å². The Morgan fingerprint density at radius 3 is 2.40 bits per heavy atom.